The van der Waals surface area contributed by atoms with Crippen LogP contribution >= 0.6 is 0 Å². The van der Waals surface area contributed by atoms with Gasteiger partial charge in [-0.1, -0.05) is 6.07 Å². The van der Waals surface area contributed by atoms with Gasteiger partial charge in [-0.2, -0.15) is 0 Å². The summed E-state index contributed by atoms with van der Waals surface area (Å²) in [5.74, 6) is -1.62. The maximum atomic E-state index is 11.8. The second-order valence-electron chi connectivity index (χ2n) is 5.21. The van der Waals surface area contributed by atoms with E-state index >= 15 is 0 Å². The Bertz CT molecular complexity index is 615. The number of aliphatic hydroxyl groups is 4. The first kappa shape index (κ1) is 18.2. The van der Waals surface area contributed by atoms with E-state index in [1.807, 2.05) is 0 Å². The van der Waals surface area contributed by atoms with Crippen LogP contribution in [0, 0.1) is 0 Å². The molecule has 9 heteroatoms. The molecule has 9 nitrogen and oxygen atoms in total. The lowest BCUT2D eigenvalue weighted by atomic mass is 9.99. The number of esters is 1. The van der Waals surface area contributed by atoms with Crippen molar-refractivity contribution in [2.45, 2.75) is 30.7 Å². The van der Waals surface area contributed by atoms with Crippen molar-refractivity contribution in [3.05, 3.63) is 29.8 Å². The molecule has 132 valence electrons. The minimum Gasteiger partial charge on any atom is -0.504 e. The topological polar surface area (TPSA) is 157 Å². The van der Waals surface area contributed by atoms with Gasteiger partial charge in [0.05, 0.1) is 6.61 Å². The van der Waals surface area contributed by atoms with E-state index in [0.717, 1.165) is 6.08 Å². The molecule has 0 amide bonds. The maximum absolute atomic E-state index is 11.8. The lowest BCUT2D eigenvalue weighted by molar-refractivity contribution is -0.289. The monoisotopic (exact) mass is 342 g/mol. The Morgan fingerprint density at radius 2 is 1.88 bits per heavy atom. The van der Waals surface area contributed by atoms with E-state index in [-0.39, 0.29) is 11.5 Å². The van der Waals surface area contributed by atoms with Crippen molar-refractivity contribution in [2.24, 2.45) is 0 Å². The molecule has 5 atom stereocenters. The van der Waals surface area contributed by atoms with Crippen LogP contribution in [0.1, 0.15) is 5.56 Å². The highest BCUT2D eigenvalue weighted by Gasteiger charge is 2.45. The predicted octanol–water partition coefficient (Wildman–Crippen LogP) is -1.55. The standard InChI is InChI=1S/C15H18O9/c16-6-10-12(20)13(21)14(15(22)23-10)24-11(19)4-2-7-1-3-8(17)9(18)5-7/h1-5,10,12-18,20-22H,6H2. The first-order valence-corrected chi connectivity index (χ1v) is 7.04. The highest BCUT2D eigenvalue weighted by molar-refractivity contribution is 5.87. The molecule has 1 fully saturated rings. The average molecular weight is 342 g/mol. The molecule has 1 heterocycles. The molecule has 1 aromatic carbocycles. The van der Waals surface area contributed by atoms with Crippen LogP contribution < -0.4 is 0 Å². The number of hydrogen-bond donors (Lipinski definition) is 6. The normalized spacial score (nSPS) is 30.4. The summed E-state index contributed by atoms with van der Waals surface area (Å²) in [6.45, 7) is -0.625. The molecule has 1 aromatic rings. The van der Waals surface area contributed by atoms with Crippen LogP contribution in [0.5, 0.6) is 11.5 Å². The summed E-state index contributed by atoms with van der Waals surface area (Å²) in [7, 11) is 0. The molecule has 6 N–H and O–H groups in total. The van der Waals surface area contributed by atoms with Crippen molar-refractivity contribution in [3.63, 3.8) is 0 Å². The molecule has 0 aromatic heterocycles. The minimum atomic E-state index is -1.71. The van der Waals surface area contributed by atoms with Gasteiger partial charge in [-0.25, -0.2) is 4.79 Å². The van der Waals surface area contributed by atoms with Gasteiger partial charge in [-0.3, -0.25) is 0 Å². The third-order valence-corrected chi connectivity index (χ3v) is 3.51. The number of benzene rings is 1. The zero-order valence-corrected chi connectivity index (χ0v) is 12.4. The average Bonchev–Trinajstić information content (AvgIpc) is 2.56. The van der Waals surface area contributed by atoms with Gasteiger partial charge >= 0.3 is 5.97 Å². The van der Waals surface area contributed by atoms with Crippen molar-refractivity contribution < 1.29 is 44.9 Å². The van der Waals surface area contributed by atoms with Gasteiger partial charge in [0.2, 0.25) is 0 Å². The van der Waals surface area contributed by atoms with Crippen LogP contribution in [-0.4, -0.2) is 73.9 Å². The van der Waals surface area contributed by atoms with Crippen molar-refractivity contribution in [1.82, 2.24) is 0 Å². The fourth-order valence-electron chi connectivity index (χ4n) is 2.18. The fourth-order valence-corrected chi connectivity index (χ4v) is 2.18. The van der Waals surface area contributed by atoms with Gasteiger partial charge in [-0.15, -0.1) is 0 Å². The van der Waals surface area contributed by atoms with E-state index in [1.165, 1.54) is 24.3 Å². The molecule has 2 rings (SSSR count). The Kier molecular flexibility index (Phi) is 5.75. The number of ether oxygens (including phenoxy) is 2. The summed E-state index contributed by atoms with van der Waals surface area (Å²) in [5, 5.41) is 56.7. The van der Waals surface area contributed by atoms with Crippen LogP contribution in [0.2, 0.25) is 0 Å². The number of carbonyl (C=O) groups excluding carboxylic acids is 1. The Morgan fingerprint density at radius 1 is 1.17 bits per heavy atom. The van der Waals surface area contributed by atoms with Crippen LogP contribution in [0.25, 0.3) is 6.08 Å². The Labute approximate surface area is 136 Å². The van der Waals surface area contributed by atoms with Crippen LogP contribution in [0.15, 0.2) is 24.3 Å². The quantitative estimate of drug-likeness (QED) is 0.217. The fraction of sp³-hybridized carbons (Fsp3) is 0.400. The zero-order chi connectivity index (χ0) is 17.9. The predicted molar refractivity (Wildman–Crippen MR) is 78.7 cm³/mol. The molecule has 0 saturated carbocycles. The van der Waals surface area contributed by atoms with Gasteiger partial charge in [0.15, 0.2) is 23.9 Å². The third kappa shape index (κ3) is 4.02. The van der Waals surface area contributed by atoms with Gasteiger partial charge in [0.25, 0.3) is 0 Å². The summed E-state index contributed by atoms with van der Waals surface area (Å²) in [6.07, 6.45) is -5.37. The van der Waals surface area contributed by atoms with Crippen molar-refractivity contribution in [1.29, 1.82) is 0 Å². The van der Waals surface area contributed by atoms with Crippen molar-refractivity contribution in [3.8, 4) is 11.5 Å². The molecular formula is C15H18O9. The highest BCUT2D eigenvalue weighted by Crippen LogP contribution is 2.26. The number of aromatic hydroxyl groups is 2. The lowest BCUT2D eigenvalue weighted by Crippen LogP contribution is -2.59. The Morgan fingerprint density at radius 3 is 2.50 bits per heavy atom. The first-order valence-electron chi connectivity index (χ1n) is 7.04. The molecule has 0 spiro atoms. The Balaban J connectivity index is 2.00. The van der Waals surface area contributed by atoms with Gasteiger partial charge in [-0.05, 0) is 23.8 Å². The van der Waals surface area contributed by atoms with E-state index in [4.69, 9.17) is 14.6 Å². The van der Waals surface area contributed by atoms with E-state index < -0.39 is 43.3 Å². The molecule has 0 bridgehead atoms. The second-order valence-corrected chi connectivity index (χ2v) is 5.21. The number of hydrogen-bond acceptors (Lipinski definition) is 9. The highest BCUT2D eigenvalue weighted by atomic mass is 16.7. The summed E-state index contributed by atoms with van der Waals surface area (Å²) >= 11 is 0. The molecule has 24 heavy (non-hydrogen) atoms. The molecular weight excluding hydrogens is 324 g/mol. The lowest BCUT2D eigenvalue weighted by Gasteiger charge is -2.39. The molecule has 0 radical (unpaired) electrons. The van der Waals surface area contributed by atoms with Crippen LogP contribution in [0.3, 0.4) is 0 Å². The zero-order valence-electron chi connectivity index (χ0n) is 12.4. The van der Waals surface area contributed by atoms with E-state index in [2.05, 4.69) is 0 Å². The number of phenolic OH excluding ortho intramolecular Hbond substituents is 2. The number of rotatable bonds is 4. The molecule has 1 aliphatic heterocycles. The SMILES string of the molecule is O=C(C=Cc1ccc(O)c(O)c1)OC1C(O)OC(CO)C(O)C1O. The van der Waals surface area contributed by atoms with Crippen LogP contribution in [-0.2, 0) is 14.3 Å². The minimum absolute atomic E-state index is 0.312. The Hall–Kier alpha value is -2.17. The van der Waals surface area contributed by atoms with E-state index in [9.17, 15) is 30.3 Å². The van der Waals surface area contributed by atoms with Crippen molar-refractivity contribution >= 4 is 12.0 Å². The number of carbonyl (C=O) groups is 1. The van der Waals surface area contributed by atoms with E-state index in [0.29, 0.717) is 5.56 Å². The summed E-state index contributed by atoms with van der Waals surface area (Å²) < 4.78 is 9.71. The third-order valence-electron chi connectivity index (χ3n) is 3.51. The largest absolute Gasteiger partial charge is 0.504 e. The molecule has 5 unspecified atom stereocenters. The number of phenols is 2. The maximum Gasteiger partial charge on any atom is 0.331 e. The second kappa shape index (κ2) is 7.60. The molecule has 1 saturated heterocycles. The van der Waals surface area contributed by atoms with E-state index in [1.54, 1.807) is 0 Å². The van der Waals surface area contributed by atoms with Gasteiger partial charge in [0, 0.05) is 6.08 Å². The smallest absolute Gasteiger partial charge is 0.331 e. The number of aliphatic hydroxyl groups excluding tert-OH is 4. The summed E-state index contributed by atoms with van der Waals surface area (Å²) in [4.78, 5) is 11.8. The van der Waals surface area contributed by atoms with Gasteiger partial charge in [0.1, 0.15) is 18.3 Å². The summed E-state index contributed by atoms with van der Waals surface area (Å²) in [6, 6.07) is 3.87. The van der Waals surface area contributed by atoms with Crippen LogP contribution in [0.4, 0.5) is 0 Å². The van der Waals surface area contributed by atoms with Gasteiger partial charge < -0.3 is 40.1 Å². The molecule has 0 aliphatic carbocycles. The van der Waals surface area contributed by atoms with Crippen molar-refractivity contribution in [2.75, 3.05) is 6.61 Å². The summed E-state index contributed by atoms with van der Waals surface area (Å²) in [5.41, 5.74) is 0.392. The molecule has 1 aliphatic rings. The first-order chi connectivity index (χ1) is 11.3.